The molecule has 0 saturated heterocycles. The number of aryl methyl sites for hydroxylation is 2. The van der Waals surface area contributed by atoms with Gasteiger partial charge in [0.05, 0.1) is 18.1 Å². The van der Waals surface area contributed by atoms with Gasteiger partial charge >= 0.3 is 5.97 Å². The third-order valence-electron chi connectivity index (χ3n) is 3.66. The van der Waals surface area contributed by atoms with Crippen LogP contribution in [0, 0.1) is 13.8 Å². The molecule has 0 amide bonds. The van der Waals surface area contributed by atoms with Crippen molar-refractivity contribution in [3.63, 3.8) is 0 Å². The number of carbonyl (C=O) groups is 1. The first-order valence-electron chi connectivity index (χ1n) is 7.37. The van der Waals surface area contributed by atoms with Crippen molar-refractivity contribution >= 4 is 16.9 Å². The average Bonchev–Trinajstić information content (AvgIpc) is 2.93. The van der Waals surface area contributed by atoms with Crippen molar-refractivity contribution in [3.8, 4) is 5.75 Å². The number of hydrogen-bond donors (Lipinski definition) is 0. The Morgan fingerprint density at radius 2 is 1.83 bits per heavy atom. The number of fused-ring (bicyclic) bond motifs is 1. The predicted octanol–water partition coefficient (Wildman–Crippen LogP) is 4.42. The summed E-state index contributed by atoms with van der Waals surface area (Å²) in [5, 5.41) is 0.849. The molecule has 4 heteroatoms. The maximum absolute atomic E-state index is 11.8. The molecule has 0 atom stereocenters. The Bertz CT molecular complexity index is 844. The largest absolute Gasteiger partial charge is 0.488 e. The molecule has 0 aliphatic rings. The van der Waals surface area contributed by atoms with Crippen molar-refractivity contribution in [1.29, 1.82) is 0 Å². The Kier molecular flexibility index (Phi) is 4.06. The summed E-state index contributed by atoms with van der Waals surface area (Å²) in [7, 11) is 1.35. The summed E-state index contributed by atoms with van der Waals surface area (Å²) in [4.78, 5) is 11.8. The molecule has 0 bridgehead atoms. The molecule has 4 nitrogen and oxygen atoms in total. The van der Waals surface area contributed by atoms with Gasteiger partial charge in [0, 0.05) is 0 Å². The van der Waals surface area contributed by atoms with Gasteiger partial charge in [0.2, 0.25) is 0 Å². The highest BCUT2D eigenvalue weighted by molar-refractivity contribution is 5.96. The smallest absolute Gasteiger partial charge is 0.338 e. The molecule has 0 N–H and O–H groups in total. The van der Waals surface area contributed by atoms with Crippen molar-refractivity contribution < 1.29 is 18.7 Å². The van der Waals surface area contributed by atoms with Crippen LogP contribution >= 0.6 is 0 Å². The van der Waals surface area contributed by atoms with Gasteiger partial charge in [-0.2, -0.15) is 0 Å². The topological polar surface area (TPSA) is 48.7 Å². The highest BCUT2D eigenvalue weighted by atomic mass is 16.5. The van der Waals surface area contributed by atoms with E-state index < -0.39 is 5.97 Å². The lowest BCUT2D eigenvalue weighted by atomic mass is 10.1. The fourth-order valence-electron chi connectivity index (χ4n) is 2.43. The Labute approximate surface area is 134 Å². The van der Waals surface area contributed by atoms with Crippen LogP contribution in [0.1, 0.15) is 27.2 Å². The van der Waals surface area contributed by atoms with Crippen LogP contribution in [0.3, 0.4) is 0 Å². The summed E-state index contributed by atoms with van der Waals surface area (Å²) in [5.41, 5.74) is 3.29. The minimum absolute atomic E-state index is 0.410. The second kappa shape index (κ2) is 6.16. The zero-order chi connectivity index (χ0) is 16.4. The average molecular weight is 310 g/mol. The number of esters is 1. The standard InChI is InChI=1S/C19H18O4/c1-12-4-6-14(7-5-12)11-22-17-9-15(19(20)21-3)10-18-16(17)8-13(2)23-18/h4-10H,11H2,1-3H3. The van der Waals surface area contributed by atoms with Crippen LogP contribution in [0.2, 0.25) is 0 Å². The van der Waals surface area contributed by atoms with E-state index in [0.717, 1.165) is 16.7 Å². The van der Waals surface area contributed by atoms with Gasteiger partial charge < -0.3 is 13.9 Å². The van der Waals surface area contributed by atoms with Gasteiger partial charge in [-0.3, -0.25) is 0 Å². The summed E-state index contributed by atoms with van der Waals surface area (Å²) >= 11 is 0. The van der Waals surface area contributed by atoms with E-state index in [1.807, 2.05) is 44.2 Å². The van der Waals surface area contributed by atoms with Gasteiger partial charge in [0.25, 0.3) is 0 Å². The van der Waals surface area contributed by atoms with Crippen LogP contribution in [-0.2, 0) is 11.3 Å². The predicted molar refractivity (Wildman–Crippen MR) is 87.8 cm³/mol. The van der Waals surface area contributed by atoms with Crippen LogP contribution in [0.15, 0.2) is 46.9 Å². The summed E-state index contributed by atoms with van der Waals surface area (Å²) in [6.07, 6.45) is 0. The summed E-state index contributed by atoms with van der Waals surface area (Å²) in [5.74, 6) is 0.962. The lowest BCUT2D eigenvalue weighted by molar-refractivity contribution is 0.0600. The third-order valence-corrected chi connectivity index (χ3v) is 3.66. The van der Waals surface area contributed by atoms with Gasteiger partial charge in [-0.1, -0.05) is 29.8 Å². The van der Waals surface area contributed by atoms with Crippen molar-refractivity contribution in [1.82, 2.24) is 0 Å². The number of methoxy groups -OCH3 is 1. The normalized spacial score (nSPS) is 10.7. The maximum Gasteiger partial charge on any atom is 0.338 e. The maximum atomic E-state index is 11.8. The second-order valence-electron chi connectivity index (χ2n) is 5.51. The Morgan fingerprint density at radius 3 is 2.52 bits per heavy atom. The molecular formula is C19H18O4. The minimum Gasteiger partial charge on any atom is -0.488 e. The first-order chi connectivity index (χ1) is 11.1. The van der Waals surface area contributed by atoms with Gasteiger partial charge in [-0.25, -0.2) is 4.79 Å². The zero-order valence-corrected chi connectivity index (χ0v) is 13.4. The Morgan fingerprint density at radius 1 is 1.09 bits per heavy atom. The molecule has 0 fully saturated rings. The molecule has 0 radical (unpaired) electrons. The molecule has 0 aliphatic heterocycles. The molecule has 0 spiro atoms. The molecule has 0 unspecified atom stereocenters. The zero-order valence-electron chi connectivity index (χ0n) is 13.4. The SMILES string of the molecule is COC(=O)c1cc(OCc2ccc(C)cc2)c2cc(C)oc2c1. The van der Waals surface area contributed by atoms with Crippen LogP contribution in [0.5, 0.6) is 5.75 Å². The van der Waals surface area contributed by atoms with E-state index in [1.165, 1.54) is 12.7 Å². The number of benzene rings is 2. The van der Waals surface area contributed by atoms with Gasteiger partial charge in [0.15, 0.2) is 0 Å². The fraction of sp³-hybridized carbons (Fsp3) is 0.211. The number of rotatable bonds is 4. The molecule has 3 rings (SSSR count). The van der Waals surface area contributed by atoms with Gasteiger partial charge in [0.1, 0.15) is 23.7 Å². The van der Waals surface area contributed by atoms with Crippen molar-refractivity contribution in [3.05, 3.63) is 64.9 Å². The van der Waals surface area contributed by atoms with E-state index in [0.29, 0.717) is 23.5 Å². The van der Waals surface area contributed by atoms with Crippen molar-refractivity contribution in [2.24, 2.45) is 0 Å². The number of carbonyl (C=O) groups excluding carboxylic acids is 1. The molecule has 0 saturated carbocycles. The van der Waals surface area contributed by atoms with E-state index in [1.54, 1.807) is 12.1 Å². The molecular weight excluding hydrogens is 292 g/mol. The van der Waals surface area contributed by atoms with E-state index in [9.17, 15) is 4.79 Å². The Hall–Kier alpha value is -2.75. The molecule has 3 aromatic rings. The molecule has 23 heavy (non-hydrogen) atoms. The molecule has 2 aromatic carbocycles. The summed E-state index contributed by atoms with van der Waals surface area (Å²) in [6, 6.07) is 13.4. The molecule has 0 aliphatic carbocycles. The van der Waals surface area contributed by atoms with E-state index >= 15 is 0 Å². The minimum atomic E-state index is -0.416. The van der Waals surface area contributed by atoms with Gasteiger partial charge in [-0.15, -0.1) is 0 Å². The van der Waals surface area contributed by atoms with Crippen LogP contribution < -0.4 is 4.74 Å². The lowest BCUT2D eigenvalue weighted by Crippen LogP contribution is -2.02. The molecule has 1 aromatic heterocycles. The highest BCUT2D eigenvalue weighted by Gasteiger charge is 2.14. The summed E-state index contributed by atoms with van der Waals surface area (Å²) in [6.45, 7) is 4.33. The Balaban J connectivity index is 1.94. The van der Waals surface area contributed by atoms with Gasteiger partial charge in [-0.05, 0) is 37.6 Å². The van der Waals surface area contributed by atoms with E-state index in [-0.39, 0.29) is 0 Å². The number of hydrogen-bond acceptors (Lipinski definition) is 4. The summed E-state index contributed by atoms with van der Waals surface area (Å²) < 4.78 is 16.3. The fourth-order valence-corrected chi connectivity index (χ4v) is 2.43. The first-order valence-corrected chi connectivity index (χ1v) is 7.37. The van der Waals surface area contributed by atoms with Crippen molar-refractivity contribution in [2.45, 2.75) is 20.5 Å². The number of ether oxygens (including phenoxy) is 2. The second-order valence-corrected chi connectivity index (χ2v) is 5.51. The molecule has 1 heterocycles. The van der Waals surface area contributed by atoms with Crippen molar-refractivity contribution in [2.75, 3.05) is 7.11 Å². The highest BCUT2D eigenvalue weighted by Crippen LogP contribution is 2.31. The first kappa shape index (κ1) is 15.2. The number of furan rings is 1. The monoisotopic (exact) mass is 310 g/mol. The van der Waals surface area contributed by atoms with Crippen LogP contribution in [0.25, 0.3) is 11.0 Å². The van der Waals surface area contributed by atoms with Crippen LogP contribution in [-0.4, -0.2) is 13.1 Å². The van der Waals surface area contributed by atoms with E-state index in [2.05, 4.69) is 0 Å². The quantitative estimate of drug-likeness (QED) is 0.669. The van der Waals surface area contributed by atoms with Crippen LogP contribution in [0.4, 0.5) is 0 Å². The van der Waals surface area contributed by atoms with E-state index in [4.69, 9.17) is 13.9 Å². The molecule has 118 valence electrons. The third kappa shape index (κ3) is 3.21. The lowest BCUT2D eigenvalue weighted by Gasteiger charge is -2.09.